The smallest absolute Gasteiger partial charge is 0.178 e. The third-order valence-corrected chi connectivity index (χ3v) is 4.45. The van der Waals surface area contributed by atoms with Crippen LogP contribution < -0.4 is 10.5 Å². The van der Waals surface area contributed by atoms with Gasteiger partial charge in [-0.1, -0.05) is 13.8 Å². The minimum atomic E-state index is -3.31. The maximum atomic E-state index is 12.0. The zero-order chi connectivity index (χ0) is 14.5. The summed E-state index contributed by atoms with van der Waals surface area (Å²) in [7, 11) is -3.31. The Kier molecular flexibility index (Phi) is 7.60. The first-order valence-corrected chi connectivity index (χ1v) is 7.91. The molecule has 1 aromatic rings. The Labute approximate surface area is 126 Å². The lowest BCUT2D eigenvalue weighted by atomic mass is 10.2. The Morgan fingerprint density at radius 2 is 1.95 bits per heavy atom. The fraction of sp³-hybridized carbons (Fsp3) is 0.462. The summed E-state index contributed by atoms with van der Waals surface area (Å²) in [4.78, 5) is 0.184. The Morgan fingerprint density at radius 1 is 1.30 bits per heavy atom. The minimum Gasteiger partial charge on any atom is -0.493 e. The van der Waals surface area contributed by atoms with E-state index in [0.29, 0.717) is 24.3 Å². The van der Waals surface area contributed by atoms with E-state index in [1.54, 1.807) is 6.07 Å². The molecule has 5 nitrogen and oxygen atoms in total. The second-order valence-electron chi connectivity index (χ2n) is 4.24. The SMILES string of the molecule is CCCOc1ccc(S(=O)(=O)CCC)cc1C(=N)N.Cl. The van der Waals surface area contributed by atoms with E-state index in [-0.39, 0.29) is 28.9 Å². The van der Waals surface area contributed by atoms with Gasteiger partial charge >= 0.3 is 0 Å². The van der Waals surface area contributed by atoms with Crippen molar-refractivity contribution in [3.8, 4) is 5.75 Å². The molecular weight excluding hydrogens is 300 g/mol. The van der Waals surface area contributed by atoms with Crippen LogP contribution in [0.5, 0.6) is 5.75 Å². The van der Waals surface area contributed by atoms with Crippen LogP contribution in [-0.2, 0) is 9.84 Å². The average molecular weight is 321 g/mol. The number of amidine groups is 1. The maximum Gasteiger partial charge on any atom is 0.178 e. The Balaban J connectivity index is 0.00000361. The number of sulfone groups is 1. The average Bonchev–Trinajstić information content (AvgIpc) is 2.35. The maximum absolute atomic E-state index is 12.0. The van der Waals surface area contributed by atoms with Gasteiger partial charge in [-0.05, 0) is 31.0 Å². The van der Waals surface area contributed by atoms with E-state index >= 15 is 0 Å². The number of rotatable bonds is 7. The van der Waals surface area contributed by atoms with Gasteiger partial charge in [0.2, 0.25) is 0 Å². The van der Waals surface area contributed by atoms with Gasteiger partial charge in [0, 0.05) is 0 Å². The number of halogens is 1. The molecule has 0 radical (unpaired) electrons. The summed E-state index contributed by atoms with van der Waals surface area (Å²) in [6.45, 7) is 4.27. The van der Waals surface area contributed by atoms with Gasteiger partial charge in [-0.25, -0.2) is 8.42 Å². The number of hydrogen-bond acceptors (Lipinski definition) is 4. The van der Waals surface area contributed by atoms with E-state index in [1.807, 2.05) is 13.8 Å². The minimum absolute atomic E-state index is 0. The normalized spacial score (nSPS) is 10.7. The molecule has 0 saturated heterocycles. The van der Waals surface area contributed by atoms with Crippen molar-refractivity contribution >= 4 is 28.1 Å². The van der Waals surface area contributed by atoms with Gasteiger partial charge in [0.1, 0.15) is 11.6 Å². The van der Waals surface area contributed by atoms with E-state index in [9.17, 15) is 8.42 Å². The molecule has 20 heavy (non-hydrogen) atoms. The summed E-state index contributed by atoms with van der Waals surface area (Å²) in [6.07, 6.45) is 1.37. The summed E-state index contributed by atoms with van der Waals surface area (Å²) >= 11 is 0. The topological polar surface area (TPSA) is 93.2 Å². The highest BCUT2D eigenvalue weighted by Crippen LogP contribution is 2.23. The van der Waals surface area contributed by atoms with E-state index in [0.717, 1.165) is 6.42 Å². The van der Waals surface area contributed by atoms with Crippen molar-refractivity contribution < 1.29 is 13.2 Å². The molecule has 0 saturated carbocycles. The molecular formula is C13H21ClN2O3S. The lowest BCUT2D eigenvalue weighted by molar-refractivity contribution is 0.316. The van der Waals surface area contributed by atoms with Crippen LogP contribution in [-0.4, -0.2) is 26.6 Å². The molecule has 0 aliphatic heterocycles. The number of nitrogens with one attached hydrogen (secondary N) is 1. The van der Waals surface area contributed by atoms with Crippen molar-refractivity contribution in [3.63, 3.8) is 0 Å². The van der Waals surface area contributed by atoms with E-state index in [4.69, 9.17) is 15.9 Å². The molecule has 7 heteroatoms. The summed E-state index contributed by atoms with van der Waals surface area (Å²) in [6, 6.07) is 4.48. The van der Waals surface area contributed by atoms with Gasteiger partial charge in [-0.15, -0.1) is 12.4 Å². The van der Waals surface area contributed by atoms with E-state index in [2.05, 4.69) is 0 Å². The van der Waals surface area contributed by atoms with Gasteiger partial charge in [0.05, 0.1) is 22.8 Å². The molecule has 114 valence electrons. The largest absolute Gasteiger partial charge is 0.493 e. The van der Waals surface area contributed by atoms with Crippen molar-refractivity contribution in [3.05, 3.63) is 23.8 Å². The van der Waals surface area contributed by atoms with Crippen LogP contribution in [0.2, 0.25) is 0 Å². The highest BCUT2D eigenvalue weighted by atomic mass is 35.5. The zero-order valence-corrected chi connectivity index (χ0v) is 13.3. The molecule has 0 aliphatic carbocycles. The number of nitrogens with two attached hydrogens (primary N) is 1. The molecule has 0 fully saturated rings. The van der Waals surface area contributed by atoms with Crippen LogP contribution in [0.3, 0.4) is 0 Å². The summed E-state index contributed by atoms with van der Waals surface area (Å²) in [5.74, 6) is 0.337. The lowest BCUT2D eigenvalue weighted by Gasteiger charge is -2.12. The quantitative estimate of drug-likeness (QED) is 0.595. The molecule has 0 aliphatic rings. The monoisotopic (exact) mass is 320 g/mol. The summed E-state index contributed by atoms with van der Waals surface area (Å²) < 4.78 is 29.4. The van der Waals surface area contributed by atoms with Crippen LogP contribution in [0, 0.1) is 5.41 Å². The van der Waals surface area contributed by atoms with Gasteiger partial charge in [0.25, 0.3) is 0 Å². The molecule has 1 rings (SSSR count). The molecule has 0 unspecified atom stereocenters. The number of benzene rings is 1. The molecule has 0 heterocycles. The predicted octanol–water partition coefficient (Wildman–Crippen LogP) is 2.36. The Bertz CT molecular complexity index is 559. The first kappa shape index (κ1) is 18.7. The first-order valence-electron chi connectivity index (χ1n) is 6.26. The zero-order valence-electron chi connectivity index (χ0n) is 11.7. The van der Waals surface area contributed by atoms with Gasteiger partial charge in [-0.2, -0.15) is 0 Å². The van der Waals surface area contributed by atoms with Crippen molar-refractivity contribution in [2.45, 2.75) is 31.6 Å². The van der Waals surface area contributed by atoms with E-state index < -0.39 is 9.84 Å². The van der Waals surface area contributed by atoms with Gasteiger partial charge < -0.3 is 10.5 Å². The van der Waals surface area contributed by atoms with Crippen molar-refractivity contribution in [1.29, 1.82) is 5.41 Å². The molecule has 3 N–H and O–H groups in total. The standard InChI is InChI=1S/C13H20N2O3S.ClH/c1-3-7-18-12-6-5-10(9-11(12)13(14)15)19(16,17)8-4-2;/h5-6,9H,3-4,7-8H2,1-2H3,(H3,14,15);1H. The highest BCUT2D eigenvalue weighted by molar-refractivity contribution is 7.91. The first-order chi connectivity index (χ1) is 8.92. The fourth-order valence-corrected chi connectivity index (χ4v) is 2.98. The van der Waals surface area contributed by atoms with Crippen molar-refractivity contribution in [2.75, 3.05) is 12.4 Å². The number of hydrogen-bond donors (Lipinski definition) is 2. The third-order valence-electron chi connectivity index (χ3n) is 2.53. The summed E-state index contributed by atoms with van der Waals surface area (Å²) in [5.41, 5.74) is 5.81. The van der Waals surface area contributed by atoms with Gasteiger partial charge in [0.15, 0.2) is 9.84 Å². The third kappa shape index (κ3) is 4.68. The molecule has 0 spiro atoms. The molecule has 0 bridgehead atoms. The number of nitrogen functional groups attached to an aromatic ring is 1. The van der Waals surface area contributed by atoms with Crippen molar-refractivity contribution in [1.82, 2.24) is 0 Å². The predicted molar refractivity (Wildman–Crippen MR) is 82.8 cm³/mol. The second kappa shape index (κ2) is 8.11. The van der Waals surface area contributed by atoms with Crippen molar-refractivity contribution in [2.24, 2.45) is 5.73 Å². The van der Waals surface area contributed by atoms with Crippen LogP contribution in [0.25, 0.3) is 0 Å². The van der Waals surface area contributed by atoms with Crippen LogP contribution >= 0.6 is 12.4 Å². The van der Waals surface area contributed by atoms with E-state index in [1.165, 1.54) is 12.1 Å². The molecule has 1 aromatic carbocycles. The second-order valence-corrected chi connectivity index (χ2v) is 6.35. The fourth-order valence-electron chi connectivity index (χ4n) is 1.64. The molecule has 0 amide bonds. The Hall–Kier alpha value is -1.27. The highest BCUT2D eigenvalue weighted by Gasteiger charge is 2.17. The molecule has 0 aromatic heterocycles. The van der Waals surface area contributed by atoms with Crippen LogP contribution in [0.4, 0.5) is 0 Å². The number of ether oxygens (including phenoxy) is 1. The lowest BCUT2D eigenvalue weighted by Crippen LogP contribution is -2.15. The van der Waals surface area contributed by atoms with Gasteiger partial charge in [-0.3, -0.25) is 5.41 Å². The summed E-state index contributed by atoms with van der Waals surface area (Å²) in [5, 5.41) is 7.52. The van der Waals surface area contributed by atoms with Crippen LogP contribution in [0.15, 0.2) is 23.1 Å². The Morgan fingerprint density at radius 3 is 2.45 bits per heavy atom. The van der Waals surface area contributed by atoms with Crippen LogP contribution in [0.1, 0.15) is 32.3 Å². The molecule has 0 atom stereocenters.